The largest absolute Gasteiger partial charge is 0.494 e. The smallest absolute Gasteiger partial charge is 0.196 e. The summed E-state index contributed by atoms with van der Waals surface area (Å²) >= 11 is 0. The van der Waals surface area contributed by atoms with Crippen LogP contribution < -0.4 is 0 Å². The molecule has 12 heavy (non-hydrogen) atoms. The SMILES string of the molecule is Oc1cc2ccnc3ccn1c23. The normalized spacial score (nSPS) is 11.7. The average molecular weight is 158 g/mol. The van der Waals surface area contributed by atoms with Crippen molar-refractivity contribution in [2.45, 2.75) is 0 Å². The summed E-state index contributed by atoms with van der Waals surface area (Å²) in [6.45, 7) is 0. The fourth-order valence-electron chi connectivity index (χ4n) is 1.61. The van der Waals surface area contributed by atoms with Crippen LogP contribution in [0.25, 0.3) is 16.4 Å². The van der Waals surface area contributed by atoms with Gasteiger partial charge in [-0.1, -0.05) is 0 Å². The van der Waals surface area contributed by atoms with Crippen LogP contribution in [0.4, 0.5) is 0 Å². The molecule has 0 bridgehead atoms. The summed E-state index contributed by atoms with van der Waals surface area (Å²) in [6.07, 6.45) is 3.57. The number of hydrogen-bond donors (Lipinski definition) is 1. The lowest BCUT2D eigenvalue weighted by atomic mass is 10.3. The molecule has 1 N–H and O–H groups in total. The van der Waals surface area contributed by atoms with Crippen LogP contribution >= 0.6 is 0 Å². The van der Waals surface area contributed by atoms with E-state index < -0.39 is 0 Å². The number of rotatable bonds is 0. The minimum atomic E-state index is 0.271. The van der Waals surface area contributed by atoms with Gasteiger partial charge in [0, 0.05) is 23.8 Å². The summed E-state index contributed by atoms with van der Waals surface area (Å²) in [5.41, 5.74) is 1.92. The fourth-order valence-corrected chi connectivity index (χ4v) is 1.61. The summed E-state index contributed by atoms with van der Waals surface area (Å²) in [5, 5.41) is 10.5. The monoisotopic (exact) mass is 158 g/mol. The Labute approximate surface area is 68.2 Å². The first-order valence-corrected chi connectivity index (χ1v) is 3.73. The molecule has 0 spiro atoms. The topological polar surface area (TPSA) is 37.5 Å². The molecule has 0 saturated carbocycles. The highest BCUT2D eigenvalue weighted by Gasteiger charge is 2.08. The Morgan fingerprint density at radius 2 is 2.25 bits per heavy atom. The first kappa shape index (κ1) is 5.83. The van der Waals surface area contributed by atoms with Gasteiger partial charge in [-0.2, -0.15) is 0 Å². The summed E-state index contributed by atoms with van der Waals surface area (Å²) in [4.78, 5) is 4.17. The average Bonchev–Trinajstić information content (AvgIpc) is 2.60. The van der Waals surface area contributed by atoms with Crippen molar-refractivity contribution in [2.75, 3.05) is 0 Å². The summed E-state index contributed by atoms with van der Waals surface area (Å²) in [7, 11) is 0. The Bertz CT molecular complexity index is 541. The predicted molar refractivity (Wildman–Crippen MR) is 45.5 cm³/mol. The summed E-state index contributed by atoms with van der Waals surface area (Å²) in [6, 6.07) is 5.52. The summed E-state index contributed by atoms with van der Waals surface area (Å²) in [5.74, 6) is 0.271. The van der Waals surface area contributed by atoms with Crippen LogP contribution in [0.15, 0.2) is 30.6 Å². The van der Waals surface area contributed by atoms with Crippen LogP contribution in [0.2, 0.25) is 0 Å². The van der Waals surface area contributed by atoms with Crippen LogP contribution in [0.5, 0.6) is 5.88 Å². The molecule has 0 fully saturated rings. The Balaban J connectivity index is 2.77. The molecular formula is C9H6N2O. The van der Waals surface area contributed by atoms with Gasteiger partial charge in [0.2, 0.25) is 0 Å². The van der Waals surface area contributed by atoms with E-state index in [1.807, 2.05) is 18.3 Å². The molecule has 3 aromatic rings. The van der Waals surface area contributed by atoms with Crippen molar-refractivity contribution in [1.82, 2.24) is 9.38 Å². The van der Waals surface area contributed by atoms with Gasteiger partial charge >= 0.3 is 0 Å². The molecule has 0 atom stereocenters. The lowest BCUT2D eigenvalue weighted by Crippen LogP contribution is -1.74. The third kappa shape index (κ3) is 0.504. The lowest BCUT2D eigenvalue weighted by molar-refractivity contribution is 0.449. The molecule has 0 radical (unpaired) electrons. The van der Waals surface area contributed by atoms with Gasteiger partial charge in [-0.05, 0) is 12.1 Å². The maximum absolute atomic E-state index is 9.45. The predicted octanol–water partition coefficient (Wildman–Crippen LogP) is 1.63. The highest BCUT2D eigenvalue weighted by atomic mass is 16.3. The number of nitrogens with zero attached hydrogens (tertiary/aromatic N) is 2. The molecule has 3 nitrogen and oxygen atoms in total. The number of hydrogen-bond acceptors (Lipinski definition) is 2. The standard InChI is InChI=1S/C9H6N2O/c12-8-5-6-1-3-10-7-2-4-11(8)9(6)7/h1-5,12H. The molecular weight excluding hydrogens is 152 g/mol. The molecule has 0 amide bonds. The van der Waals surface area contributed by atoms with Crippen molar-refractivity contribution in [3.63, 3.8) is 0 Å². The van der Waals surface area contributed by atoms with Gasteiger partial charge in [-0.15, -0.1) is 0 Å². The van der Waals surface area contributed by atoms with Gasteiger partial charge in [0.15, 0.2) is 5.88 Å². The van der Waals surface area contributed by atoms with Crippen molar-refractivity contribution in [2.24, 2.45) is 0 Å². The Morgan fingerprint density at radius 1 is 1.33 bits per heavy atom. The summed E-state index contributed by atoms with van der Waals surface area (Å²) < 4.78 is 1.73. The second kappa shape index (κ2) is 1.69. The van der Waals surface area contributed by atoms with Gasteiger partial charge in [0.25, 0.3) is 0 Å². The number of aromatic hydroxyl groups is 1. The molecule has 0 aromatic carbocycles. The van der Waals surface area contributed by atoms with Crippen molar-refractivity contribution < 1.29 is 5.11 Å². The Hall–Kier alpha value is -1.77. The highest BCUT2D eigenvalue weighted by molar-refractivity contribution is 5.95. The minimum Gasteiger partial charge on any atom is -0.494 e. The van der Waals surface area contributed by atoms with Gasteiger partial charge in [0.05, 0.1) is 11.0 Å². The van der Waals surface area contributed by atoms with E-state index in [2.05, 4.69) is 4.98 Å². The number of aromatic nitrogens is 2. The zero-order valence-electron chi connectivity index (χ0n) is 6.23. The molecule has 3 heterocycles. The second-order valence-electron chi connectivity index (χ2n) is 2.82. The third-order valence-electron chi connectivity index (χ3n) is 2.14. The van der Waals surface area contributed by atoms with E-state index in [0.29, 0.717) is 0 Å². The van der Waals surface area contributed by atoms with E-state index >= 15 is 0 Å². The molecule has 3 heteroatoms. The van der Waals surface area contributed by atoms with Gasteiger partial charge in [-0.25, -0.2) is 0 Å². The van der Waals surface area contributed by atoms with E-state index in [1.165, 1.54) is 0 Å². The van der Waals surface area contributed by atoms with E-state index in [4.69, 9.17) is 0 Å². The third-order valence-corrected chi connectivity index (χ3v) is 2.14. The van der Waals surface area contributed by atoms with E-state index in [-0.39, 0.29) is 5.88 Å². The minimum absolute atomic E-state index is 0.271. The zero-order valence-corrected chi connectivity index (χ0v) is 6.23. The van der Waals surface area contributed by atoms with Gasteiger partial charge < -0.3 is 5.11 Å². The van der Waals surface area contributed by atoms with Crippen molar-refractivity contribution in [3.8, 4) is 5.88 Å². The molecule has 0 aliphatic rings. The Kier molecular flexibility index (Phi) is 0.821. The first-order chi connectivity index (χ1) is 5.86. The van der Waals surface area contributed by atoms with E-state index in [0.717, 1.165) is 16.4 Å². The maximum atomic E-state index is 9.45. The molecule has 3 aromatic heterocycles. The van der Waals surface area contributed by atoms with Crippen molar-refractivity contribution in [3.05, 3.63) is 30.6 Å². The second-order valence-corrected chi connectivity index (χ2v) is 2.82. The molecule has 0 aliphatic carbocycles. The zero-order chi connectivity index (χ0) is 8.13. The van der Waals surface area contributed by atoms with Crippen molar-refractivity contribution in [1.29, 1.82) is 0 Å². The molecule has 58 valence electrons. The van der Waals surface area contributed by atoms with E-state index in [9.17, 15) is 5.11 Å². The molecule has 0 saturated heterocycles. The van der Waals surface area contributed by atoms with Gasteiger partial charge in [0.1, 0.15) is 0 Å². The molecule has 0 unspecified atom stereocenters. The van der Waals surface area contributed by atoms with Crippen LogP contribution in [0.1, 0.15) is 0 Å². The molecule has 0 aliphatic heterocycles. The van der Waals surface area contributed by atoms with Crippen LogP contribution in [0, 0.1) is 0 Å². The maximum Gasteiger partial charge on any atom is 0.196 e. The van der Waals surface area contributed by atoms with Crippen molar-refractivity contribution >= 4 is 16.4 Å². The van der Waals surface area contributed by atoms with Gasteiger partial charge in [-0.3, -0.25) is 9.38 Å². The van der Waals surface area contributed by atoms with E-state index in [1.54, 1.807) is 16.7 Å². The lowest BCUT2D eigenvalue weighted by Gasteiger charge is -1.88. The Morgan fingerprint density at radius 3 is 3.17 bits per heavy atom. The first-order valence-electron chi connectivity index (χ1n) is 3.73. The van der Waals surface area contributed by atoms with Crippen LogP contribution in [0.3, 0.4) is 0 Å². The highest BCUT2D eigenvalue weighted by Crippen LogP contribution is 2.27. The quantitative estimate of drug-likeness (QED) is 0.540. The molecule has 3 rings (SSSR count). The van der Waals surface area contributed by atoms with Crippen LogP contribution in [-0.2, 0) is 0 Å². The number of pyridine rings is 1. The van der Waals surface area contributed by atoms with Crippen LogP contribution in [-0.4, -0.2) is 14.5 Å². The fraction of sp³-hybridized carbons (Fsp3) is 0.